The van der Waals surface area contributed by atoms with E-state index in [0.717, 1.165) is 16.5 Å². The second-order valence-electron chi connectivity index (χ2n) is 6.75. The number of piperidine rings is 1. The van der Waals surface area contributed by atoms with E-state index in [-0.39, 0.29) is 12.4 Å². The van der Waals surface area contributed by atoms with E-state index in [4.69, 9.17) is 16.1 Å². The topological polar surface area (TPSA) is 29.3 Å². The SMILES string of the molecule is Cc1cc(C2C3CC[C@H](C[C@@H]2c2ccc(Cl)cc2)N3C)on1.Cl. The van der Waals surface area contributed by atoms with Crippen molar-refractivity contribution in [3.63, 3.8) is 0 Å². The fourth-order valence-electron chi connectivity index (χ4n) is 4.45. The molecule has 2 saturated heterocycles. The molecule has 0 spiro atoms. The average molecular weight is 353 g/mol. The first-order chi connectivity index (χ1) is 10.6. The van der Waals surface area contributed by atoms with Crippen molar-refractivity contribution in [3.8, 4) is 0 Å². The highest BCUT2D eigenvalue weighted by Crippen LogP contribution is 2.50. The summed E-state index contributed by atoms with van der Waals surface area (Å²) in [5.41, 5.74) is 2.33. The first-order valence-electron chi connectivity index (χ1n) is 8.04. The van der Waals surface area contributed by atoms with E-state index in [2.05, 4.69) is 35.3 Å². The van der Waals surface area contributed by atoms with E-state index in [9.17, 15) is 0 Å². The summed E-state index contributed by atoms with van der Waals surface area (Å²) >= 11 is 6.06. The van der Waals surface area contributed by atoms with Gasteiger partial charge in [0, 0.05) is 29.1 Å². The van der Waals surface area contributed by atoms with Crippen molar-refractivity contribution >= 4 is 24.0 Å². The summed E-state index contributed by atoms with van der Waals surface area (Å²) in [6, 6.07) is 11.7. The quantitative estimate of drug-likeness (QED) is 0.777. The molecule has 3 nitrogen and oxygen atoms in total. The van der Waals surface area contributed by atoms with Crippen molar-refractivity contribution in [2.24, 2.45) is 0 Å². The summed E-state index contributed by atoms with van der Waals surface area (Å²) in [5, 5.41) is 4.92. The van der Waals surface area contributed by atoms with Crippen molar-refractivity contribution < 1.29 is 4.52 Å². The number of likely N-dealkylation sites (N-methyl/N-ethyl adjacent to an activating group) is 1. The van der Waals surface area contributed by atoms with Gasteiger partial charge in [-0.05, 0) is 56.8 Å². The molecule has 2 fully saturated rings. The largest absolute Gasteiger partial charge is 0.361 e. The van der Waals surface area contributed by atoms with Crippen LogP contribution in [-0.4, -0.2) is 29.2 Å². The standard InChI is InChI=1S/C18H21ClN2O.ClH/c1-11-9-17(22-20-11)18-15(12-3-5-13(19)6-4-12)10-14-7-8-16(18)21(14)2;/h3-6,9,14-16,18H,7-8,10H2,1-2H3;1H/t14-,15-,16?,18?;/m1./s1. The van der Waals surface area contributed by atoms with Crippen LogP contribution in [0.1, 0.15) is 48.1 Å². The number of benzene rings is 1. The highest BCUT2D eigenvalue weighted by Gasteiger charge is 2.47. The van der Waals surface area contributed by atoms with Gasteiger partial charge in [0.2, 0.25) is 0 Å². The molecule has 3 heterocycles. The number of rotatable bonds is 2. The minimum atomic E-state index is 0. The molecular weight excluding hydrogens is 331 g/mol. The lowest BCUT2D eigenvalue weighted by Gasteiger charge is -2.42. The maximum atomic E-state index is 6.06. The second kappa shape index (κ2) is 6.46. The van der Waals surface area contributed by atoms with Crippen LogP contribution in [-0.2, 0) is 0 Å². The molecule has 2 aliphatic heterocycles. The van der Waals surface area contributed by atoms with Gasteiger partial charge in [-0.3, -0.25) is 4.90 Å². The van der Waals surface area contributed by atoms with Crippen LogP contribution >= 0.6 is 24.0 Å². The van der Waals surface area contributed by atoms with Crippen molar-refractivity contribution in [2.75, 3.05) is 7.05 Å². The molecule has 0 aliphatic carbocycles. The molecule has 0 radical (unpaired) electrons. The van der Waals surface area contributed by atoms with Crippen LogP contribution in [0.3, 0.4) is 0 Å². The summed E-state index contributed by atoms with van der Waals surface area (Å²) in [4.78, 5) is 2.55. The summed E-state index contributed by atoms with van der Waals surface area (Å²) < 4.78 is 5.68. The number of hydrogen-bond acceptors (Lipinski definition) is 3. The minimum absolute atomic E-state index is 0. The molecule has 0 amide bonds. The van der Waals surface area contributed by atoms with E-state index in [1.165, 1.54) is 24.8 Å². The van der Waals surface area contributed by atoms with Gasteiger partial charge in [0.05, 0.1) is 5.69 Å². The van der Waals surface area contributed by atoms with Gasteiger partial charge in [0.25, 0.3) is 0 Å². The predicted octanol–water partition coefficient (Wildman–Crippen LogP) is 4.79. The van der Waals surface area contributed by atoms with Crippen LogP contribution in [0.4, 0.5) is 0 Å². The molecule has 2 unspecified atom stereocenters. The normalized spacial score (nSPS) is 30.2. The molecule has 4 atom stereocenters. The molecule has 4 rings (SSSR count). The number of halogens is 2. The van der Waals surface area contributed by atoms with Crippen LogP contribution in [0.15, 0.2) is 34.9 Å². The molecule has 23 heavy (non-hydrogen) atoms. The van der Waals surface area contributed by atoms with Crippen LogP contribution in [0, 0.1) is 6.92 Å². The Hall–Kier alpha value is -1.03. The molecule has 0 saturated carbocycles. The van der Waals surface area contributed by atoms with Crippen molar-refractivity contribution in [3.05, 3.63) is 52.4 Å². The fraction of sp³-hybridized carbons (Fsp3) is 0.500. The lowest BCUT2D eigenvalue weighted by molar-refractivity contribution is 0.122. The molecular formula is C18H22Cl2N2O. The Kier molecular flexibility index (Phi) is 4.73. The van der Waals surface area contributed by atoms with E-state index >= 15 is 0 Å². The third-order valence-electron chi connectivity index (χ3n) is 5.54. The Labute approximate surface area is 148 Å². The van der Waals surface area contributed by atoms with E-state index in [1.54, 1.807) is 0 Å². The molecule has 1 aromatic heterocycles. The Balaban J connectivity index is 0.00000156. The molecule has 0 N–H and O–H groups in total. The van der Waals surface area contributed by atoms with Gasteiger partial charge in [0.15, 0.2) is 0 Å². The third-order valence-corrected chi connectivity index (χ3v) is 5.79. The first-order valence-corrected chi connectivity index (χ1v) is 8.42. The second-order valence-corrected chi connectivity index (χ2v) is 7.19. The zero-order valence-corrected chi connectivity index (χ0v) is 15.0. The monoisotopic (exact) mass is 352 g/mol. The van der Waals surface area contributed by atoms with Crippen molar-refractivity contribution in [1.82, 2.24) is 10.1 Å². The summed E-state index contributed by atoms with van der Waals surface area (Å²) in [6.45, 7) is 1.99. The number of fused-ring (bicyclic) bond motifs is 2. The Morgan fingerprint density at radius 3 is 2.61 bits per heavy atom. The zero-order chi connectivity index (χ0) is 15.3. The van der Waals surface area contributed by atoms with E-state index < -0.39 is 0 Å². The first kappa shape index (κ1) is 16.8. The van der Waals surface area contributed by atoms with Crippen molar-refractivity contribution in [1.29, 1.82) is 0 Å². The summed E-state index contributed by atoms with van der Waals surface area (Å²) in [7, 11) is 2.26. The number of hydrogen-bond donors (Lipinski definition) is 0. The van der Waals surface area contributed by atoms with Gasteiger partial charge >= 0.3 is 0 Å². The minimum Gasteiger partial charge on any atom is -0.361 e. The number of aryl methyl sites for hydroxylation is 1. The third kappa shape index (κ3) is 2.90. The highest BCUT2D eigenvalue weighted by atomic mass is 35.5. The Bertz CT molecular complexity index is 670. The smallest absolute Gasteiger partial charge is 0.142 e. The van der Waals surface area contributed by atoms with Gasteiger partial charge in [-0.25, -0.2) is 0 Å². The predicted molar refractivity (Wildman–Crippen MR) is 94.6 cm³/mol. The zero-order valence-electron chi connectivity index (χ0n) is 13.4. The molecule has 124 valence electrons. The molecule has 2 aliphatic rings. The van der Waals surface area contributed by atoms with Gasteiger partial charge in [0.1, 0.15) is 5.76 Å². The molecule has 2 bridgehead atoms. The molecule has 2 aromatic rings. The van der Waals surface area contributed by atoms with Crippen molar-refractivity contribution in [2.45, 2.75) is 50.1 Å². The number of nitrogens with zero attached hydrogens (tertiary/aromatic N) is 2. The summed E-state index contributed by atoms with van der Waals surface area (Å²) in [6.07, 6.45) is 3.71. The maximum absolute atomic E-state index is 6.06. The molecule has 5 heteroatoms. The fourth-order valence-corrected chi connectivity index (χ4v) is 4.57. The maximum Gasteiger partial charge on any atom is 0.142 e. The average Bonchev–Trinajstić information content (AvgIpc) is 3.02. The lowest BCUT2D eigenvalue weighted by atomic mass is 9.75. The number of aromatic nitrogens is 1. The Morgan fingerprint density at radius 1 is 1.22 bits per heavy atom. The van der Waals surface area contributed by atoms with Crippen LogP contribution in [0.2, 0.25) is 5.02 Å². The van der Waals surface area contributed by atoms with Gasteiger partial charge < -0.3 is 4.52 Å². The van der Waals surface area contributed by atoms with Gasteiger partial charge in [-0.2, -0.15) is 0 Å². The lowest BCUT2D eigenvalue weighted by Crippen LogP contribution is -2.44. The van der Waals surface area contributed by atoms with E-state index in [0.29, 0.717) is 23.9 Å². The highest BCUT2D eigenvalue weighted by molar-refractivity contribution is 6.30. The van der Waals surface area contributed by atoms with Crippen LogP contribution < -0.4 is 0 Å². The van der Waals surface area contributed by atoms with Crippen LogP contribution in [0.25, 0.3) is 0 Å². The van der Waals surface area contributed by atoms with Gasteiger partial charge in [-0.15, -0.1) is 12.4 Å². The summed E-state index contributed by atoms with van der Waals surface area (Å²) in [5.74, 6) is 1.90. The van der Waals surface area contributed by atoms with Gasteiger partial charge in [-0.1, -0.05) is 28.9 Å². The molecule has 1 aromatic carbocycles. The van der Waals surface area contributed by atoms with Crippen LogP contribution in [0.5, 0.6) is 0 Å². The Morgan fingerprint density at radius 2 is 1.96 bits per heavy atom. The van der Waals surface area contributed by atoms with E-state index in [1.807, 2.05) is 19.1 Å².